The van der Waals surface area contributed by atoms with Crippen molar-refractivity contribution in [1.29, 1.82) is 0 Å². The van der Waals surface area contributed by atoms with Gasteiger partial charge in [0.05, 0.1) is 0 Å². The molecule has 0 radical (unpaired) electrons. The molecule has 32 heavy (non-hydrogen) atoms. The molecular weight excluding hydrogens is 388 g/mol. The second-order valence-electron chi connectivity index (χ2n) is 10.9. The Kier molecular flexibility index (Phi) is 13.3. The van der Waals surface area contributed by atoms with Crippen LogP contribution in [0.4, 0.5) is 0 Å². The summed E-state index contributed by atoms with van der Waals surface area (Å²) in [7, 11) is 0. The normalized spacial score (nSPS) is 24.5. The maximum absolute atomic E-state index is 11.3. The fourth-order valence-corrected chi connectivity index (χ4v) is 5.88. The van der Waals surface area contributed by atoms with Gasteiger partial charge in [-0.25, -0.2) is 0 Å². The molecule has 0 amide bonds. The first-order chi connectivity index (χ1) is 15.5. The first-order valence-electron chi connectivity index (χ1n) is 14.1. The van der Waals surface area contributed by atoms with Gasteiger partial charge in [0.1, 0.15) is 5.78 Å². The monoisotopic (exact) mass is 440 g/mol. The zero-order valence-corrected chi connectivity index (χ0v) is 21.8. The zero-order chi connectivity index (χ0) is 23.2. The molecule has 1 aromatic rings. The number of unbranched alkanes of at least 4 members (excludes halogenated alkanes) is 1. The molecule has 3 aliphatic carbocycles. The lowest BCUT2D eigenvalue weighted by Crippen LogP contribution is -2.26. The standard InChI is InChI=1S/C14H24O.C13H18.C4H10/c1-11(15)12-7-9-14(10-8-12)13-5-3-2-4-6-13;1-11-7-9-13(10-8-11)12-5-3-2-4-6-12;1-3-4-2/h12-14H,2-10H2,1H3;7-10,12H,2-6H2,1H3;3-4H2,1-2H3. The minimum Gasteiger partial charge on any atom is -0.300 e. The molecule has 0 bridgehead atoms. The van der Waals surface area contributed by atoms with Gasteiger partial charge in [-0.2, -0.15) is 0 Å². The minimum atomic E-state index is 0.407. The van der Waals surface area contributed by atoms with E-state index in [1.165, 1.54) is 108 Å². The number of aryl methyl sites for hydroxylation is 1. The lowest BCUT2D eigenvalue weighted by atomic mass is 9.70. The Hall–Kier alpha value is -1.11. The van der Waals surface area contributed by atoms with E-state index in [0.717, 1.165) is 17.8 Å². The third-order valence-electron chi connectivity index (χ3n) is 8.32. The van der Waals surface area contributed by atoms with Crippen molar-refractivity contribution in [3.8, 4) is 0 Å². The van der Waals surface area contributed by atoms with Crippen LogP contribution >= 0.6 is 0 Å². The summed E-state index contributed by atoms with van der Waals surface area (Å²) in [5.41, 5.74) is 2.94. The molecule has 0 aromatic heterocycles. The Labute approximate surface area is 200 Å². The second kappa shape index (κ2) is 15.7. The fourth-order valence-electron chi connectivity index (χ4n) is 5.88. The summed E-state index contributed by atoms with van der Waals surface area (Å²) in [6.07, 6.45) is 22.1. The minimum absolute atomic E-state index is 0.407. The van der Waals surface area contributed by atoms with Crippen molar-refractivity contribution in [2.45, 2.75) is 136 Å². The van der Waals surface area contributed by atoms with Crippen molar-refractivity contribution < 1.29 is 4.79 Å². The first kappa shape index (κ1) is 27.1. The van der Waals surface area contributed by atoms with Gasteiger partial charge in [0.15, 0.2) is 0 Å². The number of carbonyl (C=O) groups is 1. The lowest BCUT2D eigenvalue weighted by Gasteiger charge is -2.35. The van der Waals surface area contributed by atoms with Crippen molar-refractivity contribution >= 4 is 5.78 Å². The number of ketones is 1. The van der Waals surface area contributed by atoms with E-state index in [4.69, 9.17) is 0 Å². The maximum Gasteiger partial charge on any atom is 0.132 e. The quantitative estimate of drug-likeness (QED) is 0.455. The third-order valence-corrected chi connectivity index (χ3v) is 8.32. The Morgan fingerprint density at radius 1 is 0.688 bits per heavy atom. The summed E-state index contributed by atoms with van der Waals surface area (Å²) in [5, 5.41) is 0. The van der Waals surface area contributed by atoms with Gasteiger partial charge in [0.25, 0.3) is 0 Å². The van der Waals surface area contributed by atoms with Crippen LogP contribution in [0.15, 0.2) is 24.3 Å². The molecule has 0 aliphatic heterocycles. The Balaban J connectivity index is 0.000000196. The van der Waals surface area contributed by atoms with Crippen LogP contribution in [0.2, 0.25) is 0 Å². The molecule has 1 aromatic carbocycles. The highest BCUT2D eigenvalue weighted by Crippen LogP contribution is 2.40. The summed E-state index contributed by atoms with van der Waals surface area (Å²) >= 11 is 0. The summed E-state index contributed by atoms with van der Waals surface area (Å²) < 4.78 is 0. The second-order valence-corrected chi connectivity index (χ2v) is 10.9. The summed E-state index contributed by atoms with van der Waals surface area (Å²) in [4.78, 5) is 11.3. The van der Waals surface area contributed by atoms with Crippen LogP contribution in [-0.2, 0) is 4.79 Å². The van der Waals surface area contributed by atoms with Gasteiger partial charge < -0.3 is 0 Å². The molecule has 3 aliphatic rings. The fraction of sp³-hybridized carbons (Fsp3) is 0.774. The molecule has 0 N–H and O–H groups in total. The largest absolute Gasteiger partial charge is 0.300 e. The first-order valence-corrected chi connectivity index (χ1v) is 14.1. The number of hydrogen-bond donors (Lipinski definition) is 0. The molecule has 1 heteroatoms. The van der Waals surface area contributed by atoms with E-state index in [-0.39, 0.29) is 0 Å². The lowest BCUT2D eigenvalue weighted by molar-refractivity contribution is -0.122. The van der Waals surface area contributed by atoms with Crippen LogP contribution in [0.25, 0.3) is 0 Å². The Morgan fingerprint density at radius 2 is 1.16 bits per heavy atom. The molecule has 0 spiro atoms. The molecule has 0 saturated heterocycles. The highest BCUT2D eigenvalue weighted by Gasteiger charge is 2.29. The van der Waals surface area contributed by atoms with Crippen molar-refractivity contribution in [2.24, 2.45) is 17.8 Å². The van der Waals surface area contributed by atoms with Crippen LogP contribution in [-0.4, -0.2) is 5.78 Å². The van der Waals surface area contributed by atoms with Crippen LogP contribution in [0.5, 0.6) is 0 Å². The molecule has 0 heterocycles. The van der Waals surface area contributed by atoms with E-state index in [2.05, 4.69) is 45.0 Å². The van der Waals surface area contributed by atoms with Gasteiger partial charge in [-0.05, 0) is 75.7 Å². The Morgan fingerprint density at radius 3 is 1.62 bits per heavy atom. The van der Waals surface area contributed by atoms with Gasteiger partial charge in [-0.1, -0.05) is 108 Å². The molecule has 4 rings (SSSR count). The number of Topliss-reactive ketones (excluding diaryl/α,β-unsaturated/α-hetero) is 1. The third kappa shape index (κ3) is 9.80. The molecule has 182 valence electrons. The zero-order valence-electron chi connectivity index (χ0n) is 21.8. The van der Waals surface area contributed by atoms with Crippen LogP contribution in [0.1, 0.15) is 141 Å². The van der Waals surface area contributed by atoms with E-state index >= 15 is 0 Å². The summed E-state index contributed by atoms with van der Waals surface area (Å²) in [6, 6.07) is 9.10. The van der Waals surface area contributed by atoms with Gasteiger partial charge in [0.2, 0.25) is 0 Å². The molecular formula is C31H52O. The highest BCUT2D eigenvalue weighted by molar-refractivity contribution is 5.78. The predicted molar refractivity (Wildman–Crippen MR) is 140 cm³/mol. The van der Waals surface area contributed by atoms with Crippen LogP contribution < -0.4 is 0 Å². The number of benzene rings is 1. The summed E-state index contributed by atoms with van der Waals surface area (Å²) in [6.45, 7) is 8.29. The van der Waals surface area contributed by atoms with E-state index in [9.17, 15) is 4.79 Å². The smallest absolute Gasteiger partial charge is 0.132 e. The average molecular weight is 441 g/mol. The molecule has 0 atom stereocenters. The van der Waals surface area contributed by atoms with E-state index in [1.54, 1.807) is 12.5 Å². The molecule has 3 fully saturated rings. The molecule has 0 unspecified atom stereocenters. The molecule has 1 nitrogen and oxygen atoms in total. The van der Waals surface area contributed by atoms with Gasteiger partial charge >= 0.3 is 0 Å². The maximum atomic E-state index is 11.3. The number of rotatable bonds is 4. The van der Waals surface area contributed by atoms with Gasteiger partial charge in [-0.15, -0.1) is 0 Å². The molecule has 3 saturated carbocycles. The average Bonchev–Trinajstić information content (AvgIpc) is 2.86. The van der Waals surface area contributed by atoms with E-state index < -0.39 is 0 Å². The highest BCUT2D eigenvalue weighted by atomic mass is 16.1. The van der Waals surface area contributed by atoms with Crippen molar-refractivity contribution in [3.05, 3.63) is 35.4 Å². The van der Waals surface area contributed by atoms with Crippen LogP contribution in [0, 0.1) is 24.7 Å². The van der Waals surface area contributed by atoms with Crippen LogP contribution in [0.3, 0.4) is 0 Å². The van der Waals surface area contributed by atoms with Crippen molar-refractivity contribution in [1.82, 2.24) is 0 Å². The number of hydrogen-bond acceptors (Lipinski definition) is 1. The van der Waals surface area contributed by atoms with Gasteiger partial charge in [0, 0.05) is 5.92 Å². The van der Waals surface area contributed by atoms with Crippen molar-refractivity contribution in [2.75, 3.05) is 0 Å². The van der Waals surface area contributed by atoms with Crippen molar-refractivity contribution in [3.63, 3.8) is 0 Å². The number of carbonyl (C=O) groups excluding carboxylic acids is 1. The van der Waals surface area contributed by atoms with E-state index in [1.807, 2.05) is 0 Å². The predicted octanol–water partition coefficient (Wildman–Crippen LogP) is 9.81. The van der Waals surface area contributed by atoms with E-state index in [0.29, 0.717) is 11.7 Å². The topological polar surface area (TPSA) is 17.1 Å². The Bertz CT molecular complexity index is 594. The summed E-state index contributed by atoms with van der Waals surface area (Å²) in [5.74, 6) is 3.66. The SMILES string of the molecule is CC(=O)C1CCC(C2CCCCC2)CC1.CCCC.Cc1ccc(C2CCCCC2)cc1. The van der Waals surface area contributed by atoms with Gasteiger partial charge in [-0.3, -0.25) is 4.79 Å².